The Balaban J connectivity index is 2.82. The maximum absolute atomic E-state index is 8.98. The Kier molecular flexibility index (Phi) is 11.7. The van der Waals surface area contributed by atoms with Gasteiger partial charge in [0, 0.05) is 0 Å². The molecule has 0 heterocycles. The molecular formula is C9H18I2O. The molecule has 0 spiro atoms. The highest BCUT2D eigenvalue weighted by molar-refractivity contribution is 14.1. The average molecular weight is 396 g/mol. The van der Waals surface area contributed by atoms with Crippen molar-refractivity contribution in [2.45, 2.75) is 49.1 Å². The molecule has 0 saturated carbocycles. The molecule has 0 aliphatic carbocycles. The Morgan fingerprint density at radius 2 is 1.42 bits per heavy atom. The molecule has 0 saturated heterocycles. The van der Waals surface area contributed by atoms with E-state index in [0.29, 0.717) is 0 Å². The smallest absolute Gasteiger partial charge is 0.105 e. The number of aliphatic hydroxyl groups is 1. The zero-order valence-electron chi connectivity index (χ0n) is 7.44. The van der Waals surface area contributed by atoms with E-state index in [1.54, 1.807) is 0 Å². The lowest BCUT2D eigenvalue weighted by Crippen LogP contribution is -1.93. The Morgan fingerprint density at radius 3 is 1.92 bits per heavy atom. The van der Waals surface area contributed by atoms with Gasteiger partial charge in [-0.3, -0.25) is 0 Å². The van der Waals surface area contributed by atoms with E-state index >= 15 is 0 Å². The maximum Gasteiger partial charge on any atom is 0.105 e. The number of alkyl halides is 2. The SMILES string of the molecule is OC(I)CCCCCCCCI. The van der Waals surface area contributed by atoms with E-state index in [2.05, 4.69) is 45.2 Å². The highest BCUT2D eigenvalue weighted by Gasteiger charge is 1.96. The molecule has 0 aliphatic rings. The van der Waals surface area contributed by atoms with Gasteiger partial charge in [0.05, 0.1) is 0 Å². The number of unbranched alkanes of at least 4 members (excludes halogenated alkanes) is 5. The predicted octanol–water partition coefficient (Wildman–Crippen LogP) is 3.91. The molecule has 0 aliphatic heterocycles. The zero-order valence-corrected chi connectivity index (χ0v) is 11.8. The largest absolute Gasteiger partial charge is 0.383 e. The first-order valence-corrected chi connectivity index (χ1v) is 7.42. The second kappa shape index (κ2) is 10.5. The lowest BCUT2D eigenvalue weighted by atomic mass is 10.1. The highest BCUT2D eigenvalue weighted by Crippen LogP contribution is 2.11. The van der Waals surface area contributed by atoms with Crippen molar-refractivity contribution in [2.24, 2.45) is 0 Å². The van der Waals surface area contributed by atoms with E-state index in [1.807, 2.05) is 0 Å². The zero-order chi connectivity index (χ0) is 9.23. The van der Waals surface area contributed by atoms with Crippen LogP contribution >= 0.6 is 45.2 Å². The first-order valence-electron chi connectivity index (χ1n) is 4.65. The highest BCUT2D eigenvalue weighted by atomic mass is 127. The molecule has 0 aromatic carbocycles. The van der Waals surface area contributed by atoms with Gasteiger partial charge in [0.2, 0.25) is 0 Å². The van der Waals surface area contributed by atoms with Gasteiger partial charge < -0.3 is 5.11 Å². The summed E-state index contributed by atoms with van der Waals surface area (Å²) in [5.41, 5.74) is 0. The fraction of sp³-hybridized carbons (Fsp3) is 1.00. The molecule has 3 heteroatoms. The second-order valence-electron chi connectivity index (χ2n) is 3.03. The van der Waals surface area contributed by atoms with Crippen LogP contribution in [0, 0.1) is 0 Å². The maximum atomic E-state index is 8.98. The first-order chi connectivity index (χ1) is 5.77. The normalized spacial score (nSPS) is 13.2. The molecule has 1 N–H and O–H groups in total. The first kappa shape index (κ1) is 13.4. The van der Waals surface area contributed by atoms with Gasteiger partial charge in [-0.2, -0.15) is 0 Å². The molecule has 0 aromatic heterocycles. The number of hydrogen-bond donors (Lipinski definition) is 1. The van der Waals surface area contributed by atoms with E-state index in [-0.39, 0.29) is 4.11 Å². The summed E-state index contributed by atoms with van der Waals surface area (Å²) >= 11 is 4.50. The lowest BCUT2D eigenvalue weighted by Gasteiger charge is -2.02. The Hall–Kier alpha value is 1.42. The van der Waals surface area contributed by atoms with Crippen LogP contribution in [0.1, 0.15) is 44.9 Å². The number of rotatable bonds is 8. The summed E-state index contributed by atoms with van der Waals surface area (Å²) in [7, 11) is 0. The van der Waals surface area contributed by atoms with Gasteiger partial charge in [-0.25, -0.2) is 0 Å². The Bertz CT molecular complexity index is 86.6. The molecule has 1 unspecified atom stereocenters. The minimum absolute atomic E-state index is 0.128. The van der Waals surface area contributed by atoms with E-state index in [4.69, 9.17) is 5.11 Å². The van der Waals surface area contributed by atoms with Crippen molar-refractivity contribution < 1.29 is 5.11 Å². The van der Waals surface area contributed by atoms with E-state index in [0.717, 1.165) is 6.42 Å². The minimum atomic E-state index is -0.128. The van der Waals surface area contributed by atoms with Gasteiger partial charge >= 0.3 is 0 Å². The van der Waals surface area contributed by atoms with Crippen LogP contribution in [-0.2, 0) is 0 Å². The summed E-state index contributed by atoms with van der Waals surface area (Å²) in [6.07, 6.45) is 8.92. The van der Waals surface area contributed by atoms with Crippen molar-refractivity contribution in [3.8, 4) is 0 Å². The molecule has 1 nitrogen and oxygen atoms in total. The molecule has 74 valence electrons. The fourth-order valence-corrected chi connectivity index (χ4v) is 2.09. The van der Waals surface area contributed by atoms with E-state index in [1.165, 1.54) is 43.0 Å². The molecule has 0 bridgehead atoms. The van der Waals surface area contributed by atoms with Gasteiger partial charge in [-0.15, -0.1) is 0 Å². The summed E-state index contributed by atoms with van der Waals surface area (Å²) in [6.45, 7) is 0. The predicted molar refractivity (Wildman–Crippen MR) is 71.2 cm³/mol. The number of aliphatic hydroxyl groups excluding tert-OH is 1. The van der Waals surface area contributed by atoms with Crippen LogP contribution in [-0.4, -0.2) is 13.6 Å². The quantitative estimate of drug-likeness (QED) is 0.375. The summed E-state index contributed by atoms with van der Waals surface area (Å²) in [5, 5.41) is 8.98. The van der Waals surface area contributed by atoms with Gasteiger partial charge in [0.15, 0.2) is 0 Å². The third kappa shape index (κ3) is 11.4. The molecule has 0 fully saturated rings. The van der Waals surface area contributed by atoms with Gasteiger partial charge in [0.1, 0.15) is 4.11 Å². The summed E-state index contributed by atoms with van der Waals surface area (Å²) in [5.74, 6) is 0. The van der Waals surface area contributed by atoms with Crippen molar-refractivity contribution in [2.75, 3.05) is 4.43 Å². The Morgan fingerprint density at radius 1 is 0.917 bits per heavy atom. The Labute approximate surface area is 103 Å². The summed E-state index contributed by atoms with van der Waals surface area (Å²) in [4.78, 5) is 0. The van der Waals surface area contributed by atoms with Crippen LogP contribution in [0.3, 0.4) is 0 Å². The minimum Gasteiger partial charge on any atom is -0.383 e. The molecule has 1 atom stereocenters. The van der Waals surface area contributed by atoms with Crippen molar-refractivity contribution in [1.82, 2.24) is 0 Å². The average Bonchev–Trinajstić information content (AvgIpc) is 2.02. The van der Waals surface area contributed by atoms with E-state index in [9.17, 15) is 0 Å². The molecule has 0 rings (SSSR count). The summed E-state index contributed by atoms with van der Waals surface area (Å²) < 4.78 is 1.17. The number of hydrogen-bond acceptors (Lipinski definition) is 1. The van der Waals surface area contributed by atoms with Crippen LogP contribution in [0.2, 0.25) is 0 Å². The third-order valence-electron chi connectivity index (χ3n) is 1.83. The van der Waals surface area contributed by atoms with Crippen LogP contribution in [0.15, 0.2) is 0 Å². The van der Waals surface area contributed by atoms with Crippen molar-refractivity contribution in [1.29, 1.82) is 0 Å². The molecule has 0 radical (unpaired) electrons. The topological polar surface area (TPSA) is 20.2 Å². The van der Waals surface area contributed by atoms with Gasteiger partial charge in [-0.1, -0.05) is 77.3 Å². The fourth-order valence-electron chi connectivity index (χ4n) is 1.11. The summed E-state index contributed by atoms with van der Waals surface area (Å²) in [6, 6.07) is 0. The van der Waals surface area contributed by atoms with Crippen LogP contribution in [0.4, 0.5) is 0 Å². The van der Waals surface area contributed by atoms with Gasteiger partial charge in [-0.05, 0) is 17.3 Å². The van der Waals surface area contributed by atoms with Crippen LogP contribution in [0.25, 0.3) is 0 Å². The van der Waals surface area contributed by atoms with Crippen molar-refractivity contribution in [3.63, 3.8) is 0 Å². The van der Waals surface area contributed by atoms with Crippen molar-refractivity contribution >= 4 is 45.2 Å². The van der Waals surface area contributed by atoms with Crippen LogP contribution < -0.4 is 0 Å². The standard InChI is InChI=1S/C9H18I2O/c10-8-6-4-2-1-3-5-7-9(11)12/h9,12H,1-8H2. The monoisotopic (exact) mass is 396 g/mol. The molecule has 0 aromatic rings. The number of halogens is 2. The third-order valence-corrected chi connectivity index (χ3v) is 3.21. The van der Waals surface area contributed by atoms with E-state index < -0.39 is 0 Å². The van der Waals surface area contributed by atoms with Crippen LogP contribution in [0.5, 0.6) is 0 Å². The molecular weight excluding hydrogens is 378 g/mol. The molecule has 12 heavy (non-hydrogen) atoms. The lowest BCUT2D eigenvalue weighted by molar-refractivity contribution is 0.263. The second-order valence-corrected chi connectivity index (χ2v) is 5.55. The van der Waals surface area contributed by atoms with Gasteiger partial charge in [0.25, 0.3) is 0 Å². The van der Waals surface area contributed by atoms with Crippen molar-refractivity contribution in [3.05, 3.63) is 0 Å². The molecule has 0 amide bonds.